The third-order valence-electron chi connectivity index (χ3n) is 7.07. The zero-order valence-electron chi connectivity index (χ0n) is 22.7. The monoisotopic (exact) mass is 602 g/mol. The van der Waals surface area contributed by atoms with E-state index < -0.39 is 41.0 Å². The van der Waals surface area contributed by atoms with E-state index in [-0.39, 0.29) is 37.3 Å². The maximum Gasteiger partial charge on any atom is 0.431 e. The Morgan fingerprint density at radius 3 is 2.33 bits per heavy atom. The molecule has 2 N–H and O–H groups in total. The summed E-state index contributed by atoms with van der Waals surface area (Å²) in [5.74, 6) is 0.415. The standard InChI is InChI=1S/C28H28F6N2O6/c1-3-6-17-15-19(26(39,27(29,30)31)28(32,33)34)8-9-20(17)40-12-5-4-11-36-23(37)25(2,35-24(36)38)18-7-10-21-22(16-18)42-14-13-41-21/h7,10,15-16,39H,3-6,11-14H2,1-2H3,(H,35,38). The number of rotatable bonds is 10. The van der Waals surface area contributed by atoms with Crippen LogP contribution in [-0.2, 0) is 22.4 Å². The van der Waals surface area contributed by atoms with Crippen molar-refractivity contribution < 1.29 is 55.2 Å². The molecule has 1 saturated heterocycles. The second-order valence-corrected chi connectivity index (χ2v) is 10.0. The molecule has 0 spiro atoms. The van der Waals surface area contributed by atoms with Gasteiger partial charge in [-0.25, -0.2) is 4.79 Å². The van der Waals surface area contributed by atoms with E-state index >= 15 is 0 Å². The van der Waals surface area contributed by atoms with Crippen molar-refractivity contribution in [3.05, 3.63) is 53.1 Å². The van der Waals surface area contributed by atoms with Crippen LogP contribution in [0.3, 0.4) is 0 Å². The number of carbonyl (C=O) groups excluding carboxylic acids is 2. The predicted molar refractivity (Wildman–Crippen MR) is 134 cm³/mol. The van der Waals surface area contributed by atoms with Crippen molar-refractivity contribution in [2.45, 2.75) is 63.0 Å². The van der Waals surface area contributed by atoms with Crippen LogP contribution in [-0.4, -0.2) is 60.7 Å². The van der Waals surface area contributed by atoms with Crippen molar-refractivity contribution in [2.75, 3.05) is 26.4 Å². The third kappa shape index (κ3) is 5.62. The fraction of sp³-hybridized carbons (Fsp3) is 0.500. The van der Waals surface area contributed by atoms with Crippen molar-refractivity contribution in [3.8, 4) is 17.2 Å². The first-order valence-electron chi connectivity index (χ1n) is 13.1. The zero-order chi connectivity index (χ0) is 30.9. The molecule has 0 aromatic heterocycles. The van der Waals surface area contributed by atoms with Crippen LogP contribution in [0.4, 0.5) is 31.1 Å². The number of urea groups is 1. The highest BCUT2D eigenvalue weighted by molar-refractivity contribution is 6.07. The van der Waals surface area contributed by atoms with Gasteiger partial charge < -0.3 is 24.6 Å². The average molecular weight is 603 g/mol. The van der Waals surface area contributed by atoms with E-state index in [1.807, 2.05) is 0 Å². The molecule has 2 heterocycles. The molecule has 0 saturated carbocycles. The van der Waals surface area contributed by atoms with Gasteiger partial charge in [0.2, 0.25) is 0 Å². The summed E-state index contributed by atoms with van der Waals surface area (Å²) in [6.07, 6.45) is -11.1. The first-order valence-corrected chi connectivity index (χ1v) is 13.1. The Morgan fingerprint density at radius 2 is 1.69 bits per heavy atom. The Kier molecular flexibility index (Phi) is 8.46. The highest BCUT2D eigenvalue weighted by Crippen LogP contribution is 2.50. The number of nitrogens with zero attached hydrogens (tertiary/aromatic N) is 1. The summed E-state index contributed by atoms with van der Waals surface area (Å²) in [5, 5.41) is 12.4. The quantitative estimate of drug-likeness (QED) is 0.227. The van der Waals surface area contributed by atoms with Gasteiger partial charge >= 0.3 is 18.4 Å². The van der Waals surface area contributed by atoms with Crippen LogP contribution in [0.5, 0.6) is 17.2 Å². The summed E-state index contributed by atoms with van der Waals surface area (Å²) in [6, 6.07) is 8.90. The molecule has 4 rings (SSSR count). The molecule has 1 fully saturated rings. The molecule has 1 unspecified atom stereocenters. The van der Waals surface area contributed by atoms with Crippen molar-refractivity contribution in [3.63, 3.8) is 0 Å². The number of alkyl halides is 6. The van der Waals surface area contributed by atoms with Gasteiger partial charge in [-0.05, 0) is 56.0 Å². The lowest BCUT2D eigenvalue weighted by Gasteiger charge is -2.31. The topological polar surface area (TPSA) is 97.3 Å². The molecular weight excluding hydrogens is 574 g/mol. The van der Waals surface area contributed by atoms with E-state index in [2.05, 4.69) is 11.4 Å². The first-order chi connectivity index (χ1) is 19.6. The van der Waals surface area contributed by atoms with E-state index in [1.54, 1.807) is 38.1 Å². The molecule has 2 aromatic carbocycles. The second kappa shape index (κ2) is 11.4. The van der Waals surface area contributed by atoms with Crippen LogP contribution < -0.4 is 19.5 Å². The lowest BCUT2D eigenvalue weighted by atomic mass is 9.91. The van der Waals surface area contributed by atoms with Crippen LogP contribution in [0.2, 0.25) is 0 Å². The van der Waals surface area contributed by atoms with Crippen LogP contribution in [0.1, 0.15) is 49.8 Å². The molecule has 2 aromatic rings. The number of fused-ring (bicyclic) bond motifs is 1. The lowest BCUT2D eigenvalue weighted by Crippen LogP contribution is -2.53. The Bertz CT molecular complexity index is 1320. The summed E-state index contributed by atoms with van der Waals surface area (Å²) >= 11 is 0. The minimum absolute atomic E-state index is 0.0116. The summed E-state index contributed by atoms with van der Waals surface area (Å²) < 4.78 is 96.3. The zero-order valence-corrected chi connectivity index (χ0v) is 22.7. The van der Waals surface area contributed by atoms with E-state index in [1.165, 1.54) is 0 Å². The number of aryl methyl sites for hydroxylation is 1. The molecule has 3 amide bonds. The molecule has 8 nitrogen and oxygen atoms in total. The predicted octanol–water partition coefficient (Wildman–Crippen LogP) is 4.95. The molecule has 2 aliphatic heterocycles. The fourth-order valence-corrected chi connectivity index (χ4v) is 4.72. The maximum atomic E-state index is 13.3. The minimum atomic E-state index is -6.04. The number of benzene rings is 1. The number of imide groups is 1. The number of nitrogens with one attached hydrogen (secondary N) is 1. The number of unbranched alkanes of at least 4 members (excludes halogenated alkanes) is 1. The van der Waals surface area contributed by atoms with E-state index in [4.69, 9.17) is 14.2 Å². The number of hydrogen-bond donors (Lipinski definition) is 2. The lowest BCUT2D eigenvalue weighted by molar-refractivity contribution is -0.376. The molecule has 0 aliphatic carbocycles. The van der Waals surface area contributed by atoms with Crippen molar-refractivity contribution >= 4 is 11.9 Å². The van der Waals surface area contributed by atoms with Gasteiger partial charge in [0.25, 0.3) is 11.5 Å². The van der Waals surface area contributed by atoms with Crippen LogP contribution >= 0.6 is 0 Å². The average Bonchev–Trinajstić information content (AvgIpc) is 3.15. The number of halogens is 6. The van der Waals surface area contributed by atoms with Gasteiger partial charge in [0, 0.05) is 12.1 Å². The minimum Gasteiger partial charge on any atom is -0.486 e. The number of carbonyl (C=O) groups is 2. The summed E-state index contributed by atoms with van der Waals surface area (Å²) in [4.78, 5) is 26.9. The normalized spacial score (nSPS) is 19.0. The summed E-state index contributed by atoms with van der Waals surface area (Å²) in [5.41, 5.74) is -7.48. The van der Waals surface area contributed by atoms with Gasteiger partial charge in [-0.3, -0.25) is 9.69 Å². The van der Waals surface area contributed by atoms with Crippen LogP contribution in [0, 0.1) is 12.1 Å². The molecule has 0 bridgehead atoms. The Hall–Kier alpha value is -3.86. The molecule has 14 heteroatoms. The SMILES string of the molecule is CCCc1cc(C(O)(C(F)(F)F)C(F)(F)F)c#cc1OCCCCN1C(=O)NC(C)(c2ccc3c(c2)OCCO3)C1=O. The van der Waals surface area contributed by atoms with E-state index in [9.17, 15) is 41.0 Å². The number of hydrogen-bond acceptors (Lipinski definition) is 6. The van der Waals surface area contributed by atoms with E-state index in [0.717, 1.165) is 4.90 Å². The number of amides is 3. The second-order valence-electron chi connectivity index (χ2n) is 10.0. The Morgan fingerprint density at radius 1 is 1.02 bits per heavy atom. The summed E-state index contributed by atoms with van der Waals surface area (Å²) in [6.45, 7) is 3.99. The largest absolute Gasteiger partial charge is 0.486 e. The maximum absolute atomic E-state index is 13.3. The molecule has 42 heavy (non-hydrogen) atoms. The third-order valence-corrected chi connectivity index (χ3v) is 7.07. The van der Waals surface area contributed by atoms with Gasteiger partial charge in [0.1, 0.15) is 18.8 Å². The summed E-state index contributed by atoms with van der Waals surface area (Å²) in [7, 11) is 0. The first kappa shape index (κ1) is 31.1. The van der Waals surface area contributed by atoms with Crippen LogP contribution in [0.15, 0.2) is 24.3 Å². The van der Waals surface area contributed by atoms with Crippen molar-refractivity contribution in [1.82, 2.24) is 10.2 Å². The smallest absolute Gasteiger partial charge is 0.431 e. The van der Waals surface area contributed by atoms with Crippen molar-refractivity contribution in [1.29, 1.82) is 0 Å². The molecule has 0 radical (unpaired) electrons. The fourth-order valence-electron chi connectivity index (χ4n) is 4.72. The van der Waals surface area contributed by atoms with Crippen molar-refractivity contribution in [2.24, 2.45) is 0 Å². The number of ether oxygens (including phenoxy) is 3. The molecule has 2 aliphatic rings. The number of aliphatic hydroxyl groups is 1. The Labute approximate surface area is 237 Å². The highest BCUT2D eigenvalue weighted by Gasteiger charge is 2.72. The van der Waals surface area contributed by atoms with E-state index in [0.29, 0.717) is 49.2 Å². The van der Waals surface area contributed by atoms with Gasteiger partial charge in [-0.1, -0.05) is 25.5 Å². The molecule has 1 atom stereocenters. The Balaban J connectivity index is 1.38. The highest BCUT2D eigenvalue weighted by atomic mass is 19.4. The van der Waals surface area contributed by atoms with Gasteiger partial charge in [0.05, 0.1) is 12.2 Å². The molecular formula is C28H28F6N2O6. The van der Waals surface area contributed by atoms with Crippen LogP contribution in [0.25, 0.3) is 0 Å². The molecule has 228 valence electrons. The van der Waals surface area contributed by atoms with Gasteiger partial charge in [-0.2, -0.15) is 26.3 Å². The van der Waals surface area contributed by atoms with Gasteiger partial charge in [0.15, 0.2) is 17.2 Å². The van der Waals surface area contributed by atoms with Gasteiger partial charge in [-0.15, -0.1) is 0 Å².